The third-order valence-electron chi connectivity index (χ3n) is 12.0. The van der Waals surface area contributed by atoms with Gasteiger partial charge in [-0.25, -0.2) is 15.0 Å². The molecule has 6 heteroatoms. The zero-order valence-electron chi connectivity index (χ0n) is 33.3. The van der Waals surface area contributed by atoms with Crippen molar-refractivity contribution in [3.8, 4) is 62.7 Å². The van der Waals surface area contributed by atoms with Crippen LogP contribution < -0.4 is 0 Å². The molecule has 0 saturated carbocycles. The summed E-state index contributed by atoms with van der Waals surface area (Å²) < 4.78 is 4.68. The molecule has 0 amide bonds. The minimum Gasteiger partial charge on any atom is -0.309 e. The monoisotopic (exact) mass is 790 g/mol. The zero-order valence-corrected chi connectivity index (χ0v) is 33.3. The van der Waals surface area contributed by atoms with Crippen molar-refractivity contribution in [2.45, 2.75) is 0 Å². The van der Waals surface area contributed by atoms with Gasteiger partial charge in [-0.3, -0.25) is 0 Å². The van der Waals surface area contributed by atoms with E-state index in [4.69, 9.17) is 15.0 Å². The van der Waals surface area contributed by atoms with Crippen LogP contribution in [0.15, 0.2) is 206 Å². The molecule has 0 unspecified atom stereocenters. The van der Waals surface area contributed by atoms with Gasteiger partial charge in [-0.05, 0) is 83.2 Å². The van der Waals surface area contributed by atoms with Gasteiger partial charge in [-0.15, -0.1) is 0 Å². The quantitative estimate of drug-likeness (QED) is 0.168. The largest absolute Gasteiger partial charge is 0.309 e. The van der Waals surface area contributed by atoms with E-state index >= 15 is 0 Å². The molecule has 0 saturated heterocycles. The summed E-state index contributed by atoms with van der Waals surface area (Å²) in [5.74, 6) is 1.88. The van der Waals surface area contributed by atoms with Crippen LogP contribution in [0.1, 0.15) is 5.56 Å². The molecule has 3 aromatic heterocycles. The Morgan fingerprint density at radius 3 is 1.55 bits per heavy atom. The number of benzene rings is 9. The smallest absolute Gasteiger partial charge is 0.164 e. The van der Waals surface area contributed by atoms with Crippen molar-refractivity contribution < 1.29 is 0 Å². The molecule has 0 aliphatic rings. The second-order valence-corrected chi connectivity index (χ2v) is 15.6. The molecule has 0 atom stereocenters. The standard InChI is InChI=1S/C56H34N6/c57-35-36-22-28-43(29-23-36)61-50-20-9-8-19-46(50)49-34-41(27-31-52(49)61)40-25-24-37-26-30-47-45-18-7-10-21-51(45)62(53(47)48(37)33-40)44-17-11-16-42(32-44)56-59-54(38-12-3-1-4-13-38)58-55(60-56)39-14-5-2-6-15-39/h1-34H. The van der Waals surface area contributed by atoms with E-state index in [1.807, 2.05) is 84.9 Å². The maximum Gasteiger partial charge on any atom is 0.164 e. The highest BCUT2D eigenvalue weighted by Crippen LogP contribution is 2.40. The van der Waals surface area contributed by atoms with Crippen LogP contribution in [0, 0.1) is 11.3 Å². The van der Waals surface area contributed by atoms with Crippen LogP contribution in [-0.2, 0) is 0 Å². The molecule has 3 heterocycles. The van der Waals surface area contributed by atoms with Gasteiger partial charge in [0.05, 0.1) is 33.7 Å². The van der Waals surface area contributed by atoms with Gasteiger partial charge in [-0.2, -0.15) is 5.26 Å². The Morgan fingerprint density at radius 1 is 0.339 bits per heavy atom. The van der Waals surface area contributed by atoms with Crippen molar-refractivity contribution in [3.63, 3.8) is 0 Å². The minimum absolute atomic E-state index is 0.614. The molecule has 12 aromatic rings. The number of rotatable bonds is 6. The van der Waals surface area contributed by atoms with Crippen LogP contribution in [0.2, 0.25) is 0 Å². The first-order valence-corrected chi connectivity index (χ1v) is 20.7. The molecule has 0 aliphatic heterocycles. The SMILES string of the molecule is N#Cc1ccc(-n2c3ccccc3c3cc(-c4ccc5ccc6c7ccccc7n(-c7cccc(-c8nc(-c9ccccc9)nc(-c9ccccc9)n8)c7)c6c5c4)ccc32)cc1. The molecule has 12 rings (SSSR count). The van der Waals surface area contributed by atoms with Gasteiger partial charge < -0.3 is 9.13 Å². The van der Waals surface area contributed by atoms with Gasteiger partial charge in [0, 0.05) is 55.0 Å². The van der Waals surface area contributed by atoms with Gasteiger partial charge in [0.25, 0.3) is 0 Å². The highest BCUT2D eigenvalue weighted by molar-refractivity contribution is 6.19. The van der Waals surface area contributed by atoms with E-state index < -0.39 is 0 Å². The second-order valence-electron chi connectivity index (χ2n) is 15.6. The van der Waals surface area contributed by atoms with Crippen LogP contribution in [0.25, 0.3) is 111 Å². The molecule has 0 radical (unpaired) electrons. The first-order valence-electron chi connectivity index (χ1n) is 20.7. The average molecular weight is 791 g/mol. The van der Waals surface area contributed by atoms with Crippen molar-refractivity contribution in [2.75, 3.05) is 0 Å². The summed E-state index contributed by atoms with van der Waals surface area (Å²) in [5.41, 5.74) is 12.3. The molecule has 0 fully saturated rings. The van der Waals surface area contributed by atoms with Crippen molar-refractivity contribution in [2.24, 2.45) is 0 Å². The summed E-state index contributed by atoms with van der Waals surface area (Å²) in [4.78, 5) is 15.1. The van der Waals surface area contributed by atoms with Crippen LogP contribution in [0.5, 0.6) is 0 Å². The fraction of sp³-hybridized carbons (Fsp3) is 0. The van der Waals surface area contributed by atoms with Gasteiger partial charge in [0.2, 0.25) is 0 Å². The Morgan fingerprint density at radius 2 is 0.871 bits per heavy atom. The Hall–Kier alpha value is -8.66. The Balaban J connectivity index is 1.04. The average Bonchev–Trinajstić information content (AvgIpc) is 3.87. The lowest BCUT2D eigenvalue weighted by Crippen LogP contribution is -2.01. The first-order chi connectivity index (χ1) is 30.7. The molecule has 62 heavy (non-hydrogen) atoms. The van der Waals surface area contributed by atoms with Gasteiger partial charge >= 0.3 is 0 Å². The van der Waals surface area contributed by atoms with E-state index in [0.29, 0.717) is 23.0 Å². The summed E-state index contributed by atoms with van der Waals surface area (Å²) in [6, 6.07) is 74.1. The van der Waals surface area contributed by atoms with Gasteiger partial charge in [0.15, 0.2) is 17.5 Å². The molecular formula is C56H34N6. The predicted octanol–water partition coefficient (Wildman–Crippen LogP) is 13.8. The molecule has 0 bridgehead atoms. The maximum atomic E-state index is 9.45. The summed E-state index contributed by atoms with van der Waals surface area (Å²) in [6.45, 7) is 0. The van der Waals surface area contributed by atoms with Crippen LogP contribution in [0.3, 0.4) is 0 Å². The third-order valence-corrected chi connectivity index (χ3v) is 12.0. The molecular weight excluding hydrogens is 757 g/mol. The van der Waals surface area contributed by atoms with Crippen molar-refractivity contribution in [1.29, 1.82) is 5.26 Å². The summed E-state index contributed by atoms with van der Waals surface area (Å²) in [7, 11) is 0. The van der Waals surface area contributed by atoms with Crippen molar-refractivity contribution in [1.82, 2.24) is 24.1 Å². The number of hydrogen-bond donors (Lipinski definition) is 0. The Labute approximate surface area is 356 Å². The van der Waals surface area contributed by atoms with E-state index in [9.17, 15) is 5.26 Å². The number of hydrogen-bond acceptors (Lipinski definition) is 4. The molecule has 288 valence electrons. The van der Waals surface area contributed by atoms with Crippen LogP contribution in [-0.4, -0.2) is 24.1 Å². The Bertz CT molecular complexity index is 3690. The highest BCUT2D eigenvalue weighted by Gasteiger charge is 2.19. The fourth-order valence-electron chi connectivity index (χ4n) is 9.06. The number of nitriles is 1. The van der Waals surface area contributed by atoms with E-state index in [1.54, 1.807) is 0 Å². The lowest BCUT2D eigenvalue weighted by atomic mass is 9.98. The number of para-hydroxylation sites is 2. The van der Waals surface area contributed by atoms with E-state index in [-0.39, 0.29) is 0 Å². The first kappa shape index (κ1) is 35.3. The normalized spacial score (nSPS) is 11.5. The molecule has 9 aromatic carbocycles. The van der Waals surface area contributed by atoms with Crippen molar-refractivity contribution >= 4 is 54.4 Å². The van der Waals surface area contributed by atoms with Crippen LogP contribution >= 0.6 is 0 Å². The van der Waals surface area contributed by atoms with E-state index in [0.717, 1.165) is 66.6 Å². The van der Waals surface area contributed by atoms with Gasteiger partial charge in [-0.1, -0.05) is 140 Å². The third kappa shape index (κ3) is 5.76. The van der Waals surface area contributed by atoms with Crippen molar-refractivity contribution in [3.05, 3.63) is 212 Å². The molecule has 0 aliphatic carbocycles. The summed E-state index contributed by atoms with van der Waals surface area (Å²) in [6.07, 6.45) is 0. The number of nitrogens with zero attached hydrogens (tertiary/aromatic N) is 6. The van der Waals surface area contributed by atoms with Gasteiger partial charge in [0.1, 0.15) is 0 Å². The molecule has 0 N–H and O–H groups in total. The minimum atomic E-state index is 0.614. The number of aromatic nitrogens is 5. The molecule has 6 nitrogen and oxygen atoms in total. The lowest BCUT2D eigenvalue weighted by molar-refractivity contribution is 1.07. The second kappa shape index (κ2) is 14.3. The summed E-state index contributed by atoms with van der Waals surface area (Å²) in [5, 5.41) is 16.5. The molecule has 0 spiro atoms. The fourth-order valence-corrected chi connectivity index (χ4v) is 9.06. The van der Waals surface area contributed by atoms with E-state index in [2.05, 4.69) is 137 Å². The maximum absolute atomic E-state index is 9.45. The summed E-state index contributed by atoms with van der Waals surface area (Å²) >= 11 is 0. The highest BCUT2D eigenvalue weighted by atomic mass is 15.0. The van der Waals surface area contributed by atoms with E-state index in [1.165, 1.54) is 26.9 Å². The zero-order chi connectivity index (χ0) is 41.1. The number of fused-ring (bicyclic) bond motifs is 8. The Kier molecular flexibility index (Phi) is 8.12. The lowest BCUT2D eigenvalue weighted by Gasteiger charge is -2.13. The topological polar surface area (TPSA) is 72.3 Å². The predicted molar refractivity (Wildman–Crippen MR) is 252 cm³/mol. The van der Waals surface area contributed by atoms with Crippen LogP contribution in [0.4, 0.5) is 0 Å².